The SMILES string of the molecule is COCCOc1cc(Cl)cc(-c2nc(-c3noc(=O)[nH]3)nc3nc(N4CCO[C@@H]5CCC[C@H]54)n(CC4CCC(C)CC4)c23)c1. The number of morpholine rings is 1. The van der Waals surface area contributed by atoms with Crippen LogP contribution >= 0.6 is 11.6 Å². The van der Waals surface area contributed by atoms with Crippen LogP contribution in [0.3, 0.4) is 0 Å². The van der Waals surface area contributed by atoms with Crippen molar-refractivity contribution in [3.63, 3.8) is 0 Å². The average molecular weight is 624 g/mol. The maximum atomic E-state index is 11.9. The summed E-state index contributed by atoms with van der Waals surface area (Å²) in [5, 5.41) is 4.39. The van der Waals surface area contributed by atoms with E-state index >= 15 is 0 Å². The average Bonchev–Trinajstić information content (AvgIpc) is 3.76. The van der Waals surface area contributed by atoms with Gasteiger partial charge in [-0.1, -0.05) is 36.5 Å². The third kappa shape index (κ3) is 5.82. The van der Waals surface area contributed by atoms with Crippen molar-refractivity contribution < 1.29 is 18.7 Å². The maximum Gasteiger partial charge on any atom is 0.439 e. The van der Waals surface area contributed by atoms with Crippen molar-refractivity contribution in [2.24, 2.45) is 11.8 Å². The first kappa shape index (κ1) is 29.2. The van der Waals surface area contributed by atoms with Crippen molar-refractivity contribution in [3.05, 3.63) is 33.8 Å². The number of ether oxygens (including phenoxy) is 3. The van der Waals surface area contributed by atoms with Crippen molar-refractivity contribution >= 4 is 28.7 Å². The second kappa shape index (κ2) is 12.5. The largest absolute Gasteiger partial charge is 0.491 e. The lowest BCUT2D eigenvalue weighted by Gasteiger charge is -2.39. The number of halogens is 1. The third-order valence-electron chi connectivity index (χ3n) is 9.25. The van der Waals surface area contributed by atoms with Gasteiger partial charge in [-0.05, 0) is 62.1 Å². The van der Waals surface area contributed by atoms with E-state index in [-0.39, 0.29) is 23.8 Å². The molecule has 0 bridgehead atoms. The Bertz CT molecular complexity index is 1680. The molecule has 3 aromatic heterocycles. The fourth-order valence-corrected chi connectivity index (χ4v) is 7.24. The number of hydrogen-bond donors (Lipinski definition) is 1. The number of aromatic amines is 1. The van der Waals surface area contributed by atoms with E-state index in [1.165, 1.54) is 25.7 Å². The molecule has 0 radical (unpaired) electrons. The minimum Gasteiger partial charge on any atom is -0.491 e. The second-order valence-electron chi connectivity index (χ2n) is 12.3. The van der Waals surface area contributed by atoms with E-state index < -0.39 is 5.76 Å². The van der Waals surface area contributed by atoms with Crippen LogP contribution in [-0.4, -0.2) is 75.3 Å². The molecule has 1 saturated heterocycles. The van der Waals surface area contributed by atoms with Gasteiger partial charge >= 0.3 is 5.76 Å². The number of anilines is 1. The number of hydrogen-bond acceptors (Lipinski definition) is 10. The number of nitrogens with one attached hydrogen (secondary N) is 1. The van der Waals surface area contributed by atoms with Gasteiger partial charge in [-0.2, -0.15) is 4.98 Å². The van der Waals surface area contributed by atoms with Crippen molar-refractivity contribution in [1.29, 1.82) is 0 Å². The van der Waals surface area contributed by atoms with Crippen LogP contribution in [0.2, 0.25) is 5.02 Å². The number of aromatic nitrogens is 6. The second-order valence-corrected chi connectivity index (χ2v) is 12.7. The fraction of sp³-hybridized carbons (Fsp3) is 0.581. The van der Waals surface area contributed by atoms with Gasteiger partial charge in [0.2, 0.25) is 17.6 Å². The third-order valence-corrected chi connectivity index (χ3v) is 9.47. The minimum atomic E-state index is -0.680. The molecule has 3 aliphatic rings. The fourth-order valence-electron chi connectivity index (χ4n) is 7.02. The molecule has 2 aliphatic carbocycles. The Hall–Kier alpha value is -3.48. The zero-order valence-electron chi connectivity index (χ0n) is 25.1. The molecule has 1 aromatic carbocycles. The first-order valence-corrected chi connectivity index (χ1v) is 16.0. The van der Waals surface area contributed by atoms with Gasteiger partial charge in [0, 0.05) is 30.8 Å². The highest BCUT2D eigenvalue weighted by Crippen LogP contribution is 2.40. The van der Waals surface area contributed by atoms with Crippen molar-refractivity contribution in [2.75, 3.05) is 38.4 Å². The first-order valence-electron chi connectivity index (χ1n) is 15.6. The molecule has 13 heteroatoms. The smallest absolute Gasteiger partial charge is 0.439 e. The summed E-state index contributed by atoms with van der Waals surface area (Å²) >= 11 is 6.65. The van der Waals surface area contributed by atoms with Gasteiger partial charge in [0.15, 0.2) is 5.65 Å². The van der Waals surface area contributed by atoms with Crippen molar-refractivity contribution in [1.82, 2.24) is 29.7 Å². The van der Waals surface area contributed by atoms with Crippen LogP contribution in [0.4, 0.5) is 5.95 Å². The summed E-state index contributed by atoms with van der Waals surface area (Å²) in [4.78, 5) is 31.9. The van der Waals surface area contributed by atoms with Crippen molar-refractivity contribution in [2.45, 2.75) is 70.6 Å². The number of imidazole rings is 1. The van der Waals surface area contributed by atoms with Crippen LogP contribution < -0.4 is 15.4 Å². The van der Waals surface area contributed by atoms with Crippen LogP contribution in [0, 0.1) is 11.8 Å². The van der Waals surface area contributed by atoms with Crippen LogP contribution in [0.25, 0.3) is 34.1 Å². The van der Waals surface area contributed by atoms with Gasteiger partial charge in [0.05, 0.1) is 25.4 Å². The van der Waals surface area contributed by atoms with E-state index in [9.17, 15) is 4.79 Å². The lowest BCUT2D eigenvalue weighted by atomic mass is 9.83. The van der Waals surface area contributed by atoms with Crippen LogP contribution in [-0.2, 0) is 16.0 Å². The van der Waals surface area contributed by atoms with Crippen LogP contribution in [0.5, 0.6) is 5.75 Å². The molecule has 7 rings (SSSR count). The normalized spacial score (nSPS) is 23.8. The summed E-state index contributed by atoms with van der Waals surface area (Å²) in [6, 6.07) is 5.82. The number of nitrogens with zero attached hydrogens (tertiary/aromatic N) is 6. The zero-order chi connectivity index (χ0) is 30.2. The summed E-state index contributed by atoms with van der Waals surface area (Å²) in [6.45, 7) is 5.39. The molecule has 1 aliphatic heterocycles. The predicted molar refractivity (Wildman–Crippen MR) is 165 cm³/mol. The zero-order valence-corrected chi connectivity index (χ0v) is 25.9. The quantitative estimate of drug-likeness (QED) is 0.251. The Morgan fingerprint density at radius 3 is 2.73 bits per heavy atom. The number of benzene rings is 1. The van der Waals surface area contributed by atoms with E-state index in [0.29, 0.717) is 47.9 Å². The Balaban J connectivity index is 1.42. The Morgan fingerprint density at radius 2 is 1.93 bits per heavy atom. The summed E-state index contributed by atoms with van der Waals surface area (Å²) in [7, 11) is 1.63. The molecule has 2 saturated carbocycles. The molecule has 4 heterocycles. The summed E-state index contributed by atoms with van der Waals surface area (Å²) < 4.78 is 24.4. The molecule has 44 heavy (non-hydrogen) atoms. The first-order chi connectivity index (χ1) is 21.5. The molecule has 0 unspecified atom stereocenters. The molecule has 1 N–H and O–H groups in total. The summed E-state index contributed by atoms with van der Waals surface area (Å²) in [5.41, 5.74) is 2.72. The molecule has 2 atom stereocenters. The minimum absolute atomic E-state index is 0.136. The molecule has 3 fully saturated rings. The predicted octanol–water partition coefficient (Wildman–Crippen LogP) is 5.10. The Labute approximate surface area is 260 Å². The van der Waals surface area contributed by atoms with Crippen molar-refractivity contribution in [3.8, 4) is 28.7 Å². The van der Waals surface area contributed by atoms with E-state index in [0.717, 1.165) is 55.3 Å². The van der Waals surface area contributed by atoms with E-state index in [1.807, 2.05) is 12.1 Å². The van der Waals surface area contributed by atoms with Gasteiger partial charge < -0.3 is 23.7 Å². The lowest BCUT2D eigenvalue weighted by molar-refractivity contribution is 0.0247. The number of H-pyrrole nitrogens is 1. The van der Waals surface area contributed by atoms with E-state index in [4.69, 9.17) is 45.3 Å². The molecule has 234 valence electrons. The summed E-state index contributed by atoms with van der Waals surface area (Å²) in [5.74, 6) is 2.41. The van der Waals surface area contributed by atoms with Gasteiger partial charge in [-0.3, -0.25) is 9.51 Å². The molecule has 0 amide bonds. The van der Waals surface area contributed by atoms with Gasteiger partial charge in [-0.25, -0.2) is 14.8 Å². The maximum absolute atomic E-state index is 11.9. The van der Waals surface area contributed by atoms with Crippen LogP contribution in [0.1, 0.15) is 51.9 Å². The summed E-state index contributed by atoms with van der Waals surface area (Å²) in [6.07, 6.45) is 8.23. The highest BCUT2D eigenvalue weighted by atomic mass is 35.5. The number of fused-ring (bicyclic) bond motifs is 2. The van der Waals surface area contributed by atoms with Crippen LogP contribution in [0.15, 0.2) is 27.5 Å². The number of rotatable bonds is 9. The van der Waals surface area contributed by atoms with Gasteiger partial charge in [0.1, 0.15) is 23.6 Å². The highest BCUT2D eigenvalue weighted by Gasteiger charge is 2.39. The Morgan fingerprint density at radius 1 is 1.07 bits per heavy atom. The monoisotopic (exact) mass is 623 g/mol. The highest BCUT2D eigenvalue weighted by molar-refractivity contribution is 6.31. The van der Waals surface area contributed by atoms with E-state index in [2.05, 4.69) is 26.5 Å². The standard InChI is InChI=1S/C31H38ClN7O5/c1-18-6-8-19(9-7-18)17-39-26-25(20-14-21(32)16-22(15-20)42-13-12-41-2)33-28(29-36-31(40)44-37-29)34-27(26)35-30(39)38-10-11-43-24-5-3-4-23(24)38/h14-16,18-19,23-24H,3-13,17H2,1-2H3,(H,36,37,40)/t18?,19?,23-,24-/m1/s1. The molecular formula is C31H38ClN7O5. The van der Waals surface area contributed by atoms with Gasteiger partial charge in [0.25, 0.3) is 0 Å². The molecular weight excluding hydrogens is 586 g/mol. The topological polar surface area (TPSA) is 133 Å². The molecule has 0 spiro atoms. The number of methoxy groups -OCH3 is 1. The molecule has 12 nitrogen and oxygen atoms in total. The lowest BCUT2D eigenvalue weighted by Crippen LogP contribution is -2.49. The van der Waals surface area contributed by atoms with E-state index in [1.54, 1.807) is 13.2 Å². The van der Waals surface area contributed by atoms with Gasteiger partial charge in [-0.15, -0.1) is 0 Å². The molecule has 4 aromatic rings. The Kier molecular flexibility index (Phi) is 8.30.